The molecule has 1 aromatic heterocycles. The summed E-state index contributed by atoms with van der Waals surface area (Å²) in [5.41, 5.74) is 0.688. The van der Waals surface area contributed by atoms with Crippen LogP contribution in [-0.2, 0) is 4.79 Å². The molecule has 2 aromatic carbocycles. The van der Waals surface area contributed by atoms with Crippen LogP contribution in [-0.4, -0.2) is 23.4 Å². The lowest BCUT2D eigenvalue weighted by molar-refractivity contribution is -0.118. The van der Waals surface area contributed by atoms with E-state index in [1.807, 2.05) is 0 Å². The Kier molecular flexibility index (Phi) is 6.02. The summed E-state index contributed by atoms with van der Waals surface area (Å²) in [5.74, 6) is 0.0470. The van der Waals surface area contributed by atoms with Gasteiger partial charge in [-0.1, -0.05) is 41.9 Å². The lowest BCUT2D eigenvalue weighted by atomic mass is 10.1. The van der Waals surface area contributed by atoms with Gasteiger partial charge in [-0.25, -0.2) is 4.98 Å². The zero-order chi connectivity index (χ0) is 19.1. The van der Waals surface area contributed by atoms with Gasteiger partial charge in [0.05, 0.1) is 16.3 Å². The normalized spacial score (nSPS) is 10.1. The maximum absolute atomic E-state index is 12.5. The fourth-order valence-corrected chi connectivity index (χ4v) is 2.49. The zero-order valence-electron chi connectivity index (χ0n) is 14.2. The predicted molar refractivity (Wildman–Crippen MR) is 104 cm³/mol. The van der Waals surface area contributed by atoms with Crippen LogP contribution in [0.25, 0.3) is 0 Å². The molecule has 3 aromatic rings. The van der Waals surface area contributed by atoms with E-state index in [2.05, 4.69) is 15.6 Å². The average molecular weight is 382 g/mol. The maximum atomic E-state index is 12.5. The van der Waals surface area contributed by atoms with Crippen LogP contribution < -0.4 is 15.4 Å². The number of nitrogens with one attached hydrogen (secondary N) is 2. The number of benzene rings is 2. The Hall–Kier alpha value is -3.38. The van der Waals surface area contributed by atoms with Gasteiger partial charge in [0.25, 0.3) is 11.8 Å². The van der Waals surface area contributed by atoms with Crippen molar-refractivity contribution in [3.63, 3.8) is 0 Å². The van der Waals surface area contributed by atoms with Gasteiger partial charge in [-0.15, -0.1) is 0 Å². The first-order chi connectivity index (χ1) is 13.1. The average Bonchev–Trinajstić information content (AvgIpc) is 2.68. The minimum Gasteiger partial charge on any atom is -0.482 e. The number of para-hydroxylation sites is 2. The van der Waals surface area contributed by atoms with Gasteiger partial charge >= 0.3 is 0 Å². The summed E-state index contributed by atoms with van der Waals surface area (Å²) >= 11 is 6.00. The molecule has 0 aliphatic carbocycles. The SMILES string of the molecule is O=C(COc1ccccc1Cl)Nc1ccccc1C(=O)Nc1ccccn1. The largest absolute Gasteiger partial charge is 0.482 e. The molecule has 0 radical (unpaired) electrons. The molecule has 0 saturated heterocycles. The Morgan fingerprint density at radius 2 is 1.67 bits per heavy atom. The molecule has 2 amide bonds. The van der Waals surface area contributed by atoms with E-state index >= 15 is 0 Å². The number of ether oxygens (including phenoxy) is 1. The first-order valence-electron chi connectivity index (χ1n) is 8.12. The van der Waals surface area contributed by atoms with Crippen LogP contribution in [0.15, 0.2) is 72.9 Å². The molecule has 7 heteroatoms. The number of nitrogens with zero attached hydrogens (tertiary/aromatic N) is 1. The number of aromatic nitrogens is 1. The van der Waals surface area contributed by atoms with E-state index in [1.165, 1.54) is 0 Å². The third-order valence-electron chi connectivity index (χ3n) is 3.55. The van der Waals surface area contributed by atoms with Gasteiger partial charge in [0, 0.05) is 6.20 Å². The first-order valence-corrected chi connectivity index (χ1v) is 8.50. The van der Waals surface area contributed by atoms with Crippen molar-refractivity contribution in [2.45, 2.75) is 0 Å². The second-order valence-corrected chi connectivity index (χ2v) is 5.89. The highest BCUT2D eigenvalue weighted by Crippen LogP contribution is 2.23. The van der Waals surface area contributed by atoms with E-state index in [0.717, 1.165) is 0 Å². The molecule has 2 N–H and O–H groups in total. The smallest absolute Gasteiger partial charge is 0.262 e. The number of hydrogen-bond donors (Lipinski definition) is 2. The van der Waals surface area contributed by atoms with Crippen molar-refractivity contribution >= 4 is 34.9 Å². The van der Waals surface area contributed by atoms with Crippen LogP contribution in [0.3, 0.4) is 0 Å². The monoisotopic (exact) mass is 381 g/mol. The van der Waals surface area contributed by atoms with E-state index in [0.29, 0.717) is 27.8 Å². The van der Waals surface area contributed by atoms with Crippen LogP contribution in [0.1, 0.15) is 10.4 Å². The van der Waals surface area contributed by atoms with Crippen molar-refractivity contribution < 1.29 is 14.3 Å². The number of amides is 2. The Balaban J connectivity index is 1.66. The van der Waals surface area contributed by atoms with Crippen LogP contribution in [0.4, 0.5) is 11.5 Å². The molecule has 0 aliphatic rings. The molecule has 0 fully saturated rings. The van der Waals surface area contributed by atoms with Gasteiger partial charge in [0.1, 0.15) is 11.6 Å². The van der Waals surface area contributed by atoms with Gasteiger partial charge in [0.15, 0.2) is 6.61 Å². The van der Waals surface area contributed by atoms with Crippen LogP contribution >= 0.6 is 11.6 Å². The van der Waals surface area contributed by atoms with Crippen molar-refractivity contribution in [2.24, 2.45) is 0 Å². The Bertz CT molecular complexity index is 948. The minimum absolute atomic E-state index is 0.236. The summed E-state index contributed by atoms with van der Waals surface area (Å²) in [6, 6.07) is 18.8. The molecule has 0 atom stereocenters. The Morgan fingerprint density at radius 1 is 0.926 bits per heavy atom. The lowest BCUT2D eigenvalue weighted by Crippen LogP contribution is -2.23. The van der Waals surface area contributed by atoms with Crippen LogP contribution in [0, 0.1) is 0 Å². The molecule has 0 bridgehead atoms. The fraction of sp³-hybridized carbons (Fsp3) is 0.0500. The molecular weight excluding hydrogens is 366 g/mol. The van der Waals surface area contributed by atoms with Gasteiger partial charge in [-0.05, 0) is 36.4 Å². The van der Waals surface area contributed by atoms with E-state index in [4.69, 9.17) is 16.3 Å². The van der Waals surface area contributed by atoms with Gasteiger partial charge in [-0.3, -0.25) is 9.59 Å². The second-order valence-electron chi connectivity index (χ2n) is 5.48. The van der Waals surface area contributed by atoms with Crippen molar-refractivity contribution in [3.05, 3.63) is 83.5 Å². The Labute approximate surface area is 161 Å². The van der Waals surface area contributed by atoms with Gasteiger partial charge < -0.3 is 15.4 Å². The van der Waals surface area contributed by atoms with Crippen LogP contribution in [0.2, 0.25) is 5.02 Å². The molecule has 0 unspecified atom stereocenters. The number of carbonyl (C=O) groups excluding carboxylic acids is 2. The molecular formula is C20H16ClN3O3. The quantitative estimate of drug-likeness (QED) is 0.676. The van der Waals surface area contributed by atoms with E-state index in [1.54, 1.807) is 72.9 Å². The van der Waals surface area contributed by atoms with Crippen LogP contribution in [0.5, 0.6) is 5.75 Å². The predicted octanol–water partition coefficient (Wildman–Crippen LogP) is 4.00. The number of carbonyl (C=O) groups is 2. The second kappa shape index (κ2) is 8.82. The van der Waals surface area contributed by atoms with Crippen molar-refractivity contribution in [1.82, 2.24) is 4.98 Å². The Morgan fingerprint density at radius 3 is 2.44 bits per heavy atom. The molecule has 136 valence electrons. The van der Waals surface area contributed by atoms with Gasteiger partial charge in [0.2, 0.25) is 0 Å². The minimum atomic E-state index is -0.409. The standard InChI is InChI=1S/C20H16ClN3O3/c21-15-8-2-4-10-17(15)27-13-19(25)23-16-9-3-1-7-14(16)20(26)24-18-11-5-6-12-22-18/h1-12H,13H2,(H,23,25)(H,22,24,26). The van der Waals surface area contributed by atoms with Crippen molar-refractivity contribution in [1.29, 1.82) is 0 Å². The molecule has 0 aliphatic heterocycles. The number of pyridine rings is 1. The highest BCUT2D eigenvalue weighted by molar-refractivity contribution is 6.32. The van der Waals surface area contributed by atoms with E-state index in [9.17, 15) is 9.59 Å². The number of halogens is 1. The van der Waals surface area contributed by atoms with E-state index in [-0.39, 0.29) is 12.5 Å². The summed E-state index contributed by atoms with van der Waals surface area (Å²) < 4.78 is 5.41. The number of rotatable bonds is 6. The summed E-state index contributed by atoms with van der Waals surface area (Å²) in [4.78, 5) is 28.8. The highest BCUT2D eigenvalue weighted by Gasteiger charge is 2.14. The molecule has 0 spiro atoms. The third kappa shape index (κ3) is 5.05. The fourth-order valence-electron chi connectivity index (χ4n) is 2.30. The van der Waals surface area contributed by atoms with E-state index < -0.39 is 5.91 Å². The lowest BCUT2D eigenvalue weighted by Gasteiger charge is -2.12. The summed E-state index contributed by atoms with van der Waals surface area (Å²) in [6.45, 7) is -0.236. The molecule has 0 saturated carbocycles. The maximum Gasteiger partial charge on any atom is 0.262 e. The van der Waals surface area contributed by atoms with Gasteiger partial charge in [-0.2, -0.15) is 0 Å². The molecule has 6 nitrogen and oxygen atoms in total. The third-order valence-corrected chi connectivity index (χ3v) is 3.86. The number of anilines is 2. The summed E-state index contributed by atoms with van der Waals surface area (Å²) in [7, 11) is 0. The highest BCUT2D eigenvalue weighted by atomic mass is 35.5. The zero-order valence-corrected chi connectivity index (χ0v) is 14.9. The molecule has 1 heterocycles. The van der Waals surface area contributed by atoms with Crippen molar-refractivity contribution in [3.8, 4) is 5.75 Å². The summed E-state index contributed by atoms with van der Waals surface area (Å²) in [5, 5.41) is 5.78. The summed E-state index contributed by atoms with van der Waals surface area (Å²) in [6.07, 6.45) is 1.58. The molecule has 3 rings (SSSR count). The number of hydrogen-bond acceptors (Lipinski definition) is 4. The molecule has 27 heavy (non-hydrogen) atoms. The van der Waals surface area contributed by atoms with Crippen molar-refractivity contribution in [2.75, 3.05) is 17.2 Å². The topological polar surface area (TPSA) is 80.3 Å². The first kappa shape index (κ1) is 18.4.